The molecule has 0 spiro atoms. The van der Waals surface area contributed by atoms with E-state index in [-0.39, 0.29) is 22.8 Å². The zero-order valence-corrected chi connectivity index (χ0v) is 21.9. The molecular weight excluding hydrogens is 502 g/mol. The molecule has 0 radical (unpaired) electrons. The zero-order valence-electron chi connectivity index (χ0n) is 20.3. The molecule has 2 saturated heterocycles. The first-order valence-electron chi connectivity index (χ1n) is 12.5. The van der Waals surface area contributed by atoms with E-state index < -0.39 is 15.7 Å². The van der Waals surface area contributed by atoms with Crippen molar-refractivity contribution in [2.75, 3.05) is 44.7 Å². The van der Waals surface area contributed by atoms with Crippen LogP contribution in [0.15, 0.2) is 33.9 Å². The van der Waals surface area contributed by atoms with Crippen LogP contribution in [0.2, 0.25) is 0 Å². The van der Waals surface area contributed by atoms with Gasteiger partial charge in [-0.05, 0) is 49.7 Å². The molecule has 2 aliphatic heterocycles. The number of ether oxygens (including phenoxy) is 1. The van der Waals surface area contributed by atoms with Gasteiger partial charge in [0, 0.05) is 31.1 Å². The van der Waals surface area contributed by atoms with Crippen molar-refractivity contribution in [1.82, 2.24) is 14.9 Å². The molecule has 2 aliphatic carbocycles. The van der Waals surface area contributed by atoms with Gasteiger partial charge in [-0.2, -0.15) is 5.10 Å². The third-order valence-corrected chi connectivity index (χ3v) is 10.1. The summed E-state index contributed by atoms with van der Waals surface area (Å²) in [7, 11) is -3.26. The Kier molecular flexibility index (Phi) is 7.27. The van der Waals surface area contributed by atoms with Crippen LogP contribution in [0.1, 0.15) is 48.7 Å². The number of carbonyl (C=O) groups is 2. The van der Waals surface area contributed by atoms with Gasteiger partial charge in [0.2, 0.25) is 0 Å². The van der Waals surface area contributed by atoms with Crippen LogP contribution in [0.25, 0.3) is 0 Å². The van der Waals surface area contributed by atoms with Crippen molar-refractivity contribution < 1.29 is 22.7 Å². The van der Waals surface area contributed by atoms with E-state index in [1.807, 2.05) is 11.9 Å². The summed E-state index contributed by atoms with van der Waals surface area (Å²) in [5.41, 5.74) is 0.968. The van der Waals surface area contributed by atoms with Gasteiger partial charge in [-0.25, -0.2) is 13.4 Å². The topological polar surface area (TPSA) is 121 Å². The lowest BCUT2D eigenvalue weighted by atomic mass is 9.89. The van der Waals surface area contributed by atoms with Gasteiger partial charge in [-0.1, -0.05) is 24.3 Å². The maximum atomic E-state index is 13.4. The number of hydrogen-bond donors (Lipinski definition) is 1. The smallest absolute Gasteiger partial charge is 0.278 e. The van der Waals surface area contributed by atoms with Crippen LogP contribution in [-0.4, -0.2) is 85.5 Å². The predicted molar refractivity (Wildman–Crippen MR) is 138 cm³/mol. The SMILES string of the molecule is CC1CC(S(=O)(=O)C2CC2)=CC=C1/C(=N\N1CCCC1)C(=O)Nc1ncc(C(=O)N2CCOCC2)s1. The fourth-order valence-electron chi connectivity index (χ4n) is 4.63. The summed E-state index contributed by atoms with van der Waals surface area (Å²) in [4.78, 5) is 33.0. The second-order valence-corrected chi connectivity index (χ2v) is 12.9. The van der Waals surface area contributed by atoms with Crippen LogP contribution in [0.3, 0.4) is 0 Å². The molecule has 194 valence electrons. The van der Waals surface area contributed by atoms with Crippen LogP contribution < -0.4 is 5.32 Å². The van der Waals surface area contributed by atoms with Crippen molar-refractivity contribution in [2.24, 2.45) is 11.0 Å². The van der Waals surface area contributed by atoms with Gasteiger partial charge < -0.3 is 9.64 Å². The number of anilines is 1. The Hall–Kier alpha value is -2.57. The summed E-state index contributed by atoms with van der Waals surface area (Å²) in [6.07, 6.45) is 8.66. The minimum Gasteiger partial charge on any atom is -0.378 e. The molecule has 1 aromatic heterocycles. The average molecular weight is 534 g/mol. The van der Waals surface area contributed by atoms with E-state index in [4.69, 9.17) is 4.74 Å². The molecule has 4 aliphatic rings. The predicted octanol–water partition coefficient (Wildman–Crippen LogP) is 2.43. The lowest BCUT2D eigenvalue weighted by molar-refractivity contribution is -0.110. The number of thiazole rings is 1. The molecule has 3 heterocycles. The fraction of sp³-hybridized carbons (Fsp3) is 0.583. The molecular formula is C24H31N5O5S2. The summed E-state index contributed by atoms with van der Waals surface area (Å²) in [5.74, 6) is -0.720. The van der Waals surface area contributed by atoms with Gasteiger partial charge in [0.15, 0.2) is 20.7 Å². The van der Waals surface area contributed by atoms with Crippen LogP contribution >= 0.6 is 11.3 Å². The Morgan fingerprint density at radius 3 is 2.53 bits per heavy atom. The first-order chi connectivity index (χ1) is 17.3. The number of allylic oxidation sites excluding steroid dienone is 3. The van der Waals surface area contributed by atoms with Crippen LogP contribution in [0.4, 0.5) is 5.13 Å². The molecule has 1 aromatic rings. The molecule has 1 atom stereocenters. The lowest BCUT2D eigenvalue weighted by Crippen LogP contribution is -2.40. The van der Waals surface area contributed by atoms with E-state index in [0.29, 0.717) is 53.2 Å². The maximum Gasteiger partial charge on any atom is 0.278 e. The maximum absolute atomic E-state index is 13.4. The molecule has 3 fully saturated rings. The number of nitrogens with zero attached hydrogens (tertiary/aromatic N) is 4. The molecule has 0 bridgehead atoms. The Morgan fingerprint density at radius 1 is 1.14 bits per heavy atom. The van der Waals surface area contributed by atoms with Crippen LogP contribution in [0, 0.1) is 5.92 Å². The number of carbonyl (C=O) groups excluding carboxylic acids is 2. The van der Waals surface area contributed by atoms with E-state index in [9.17, 15) is 18.0 Å². The van der Waals surface area contributed by atoms with E-state index in [1.165, 1.54) is 6.20 Å². The molecule has 1 saturated carbocycles. The monoisotopic (exact) mass is 533 g/mol. The Balaban J connectivity index is 1.36. The van der Waals surface area contributed by atoms with E-state index in [0.717, 1.165) is 50.1 Å². The van der Waals surface area contributed by atoms with Crippen molar-refractivity contribution in [1.29, 1.82) is 0 Å². The Morgan fingerprint density at radius 2 is 1.86 bits per heavy atom. The Bertz CT molecular complexity index is 1220. The summed E-state index contributed by atoms with van der Waals surface area (Å²) < 4.78 is 30.8. The van der Waals surface area contributed by atoms with Gasteiger partial charge in [-0.3, -0.25) is 19.9 Å². The molecule has 0 aromatic carbocycles. The second-order valence-electron chi connectivity index (χ2n) is 9.60. The van der Waals surface area contributed by atoms with Crippen molar-refractivity contribution in [2.45, 2.75) is 44.3 Å². The van der Waals surface area contributed by atoms with Gasteiger partial charge in [0.1, 0.15) is 4.88 Å². The quantitative estimate of drug-likeness (QED) is 0.534. The fourth-order valence-corrected chi connectivity index (χ4v) is 7.33. The van der Waals surface area contributed by atoms with Crippen molar-refractivity contribution in [3.05, 3.63) is 33.7 Å². The third-order valence-electron chi connectivity index (χ3n) is 6.86. The van der Waals surface area contributed by atoms with Crippen molar-refractivity contribution in [3.8, 4) is 0 Å². The number of hydrogen-bond acceptors (Lipinski definition) is 9. The molecule has 5 rings (SSSR count). The normalized spacial score (nSPS) is 23.4. The first-order valence-corrected chi connectivity index (χ1v) is 14.8. The number of hydrazone groups is 1. The van der Waals surface area contributed by atoms with E-state index >= 15 is 0 Å². The van der Waals surface area contributed by atoms with Crippen molar-refractivity contribution in [3.63, 3.8) is 0 Å². The molecule has 1 unspecified atom stereocenters. The average Bonchev–Trinajstić information content (AvgIpc) is 3.44. The van der Waals surface area contributed by atoms with Gasteiger partial charge in [0.25, 0.3) is 11.8 Å². The van der Waals surface area contributed by atoms with Crippen molar-refractivity contribution >= 4 is 43.8 Å². The standard InChI is InChI=1S/C24H31N5O5S2/c1-16-14-18(36(32,33)17-4-5-17)6-7-19(16)21(27-29-8-2-3-9-29)22(30)26-24-25-15-20(35-24)23(31)28-10-12-34-13-11-28/h6-7,15-17H,2-5,8-14H2,1H3,(H,25,26,30)/b27-21+. The lowest BCUT2D eigenvalue weighted by Gasteiger charge is -2.26. The Labute approximate surface area is 215 Å². The highest BCUT2D eigenvalue weighted by atomic mass is 32.2. The summed E-state index contributed by atoms with van der Waals surface area (Å²) in [5, 5.41) is 9.44. The molecule has 10 nitrogen and oxygen atoms in total. The van der Waals surface area contributed by atoms with Crippen LogP contribution in [0.5, 0.6) is 0 Å². The summed E-state index contributed by atoms with van der Waals surface area (Å²) >= 11 is 1.13. The van der Waals surface area contributed by atoms with Gasteiger partial charge in [0.05, 0.1) is 24.7 Å². The first kappa shape index (κ1) is 25.1. The molecule has 2 amide bonds. The third kappa shape index (κ3) is 5.40. The number of nitrogens with one attached hydrogen (secondary N) is 1. The highest BCUT2D eigenvalue weighted by Gasteiger charge is 2.40. The number of amides is 2. The number of rotatable bonds is 7. The number of sulfone groups is 1. The van der Waals surface area contributed by atoms with Crippen LogP contribution in [-0.2, 0) is 19.4 Å². The minimum absolute atomic E-state index is 0.125. The van der Waals surface area contributed by atoms with Gasteiger partial charge in [-0.15, -0.1) is 0 Å². The molecule has 36 heavy (non-hydrogen) atoms. The highest BCUT2D eigenvalue weighted by molar-refractivity contribution is 7.96. The summed E-state index contributed by atoms with van der Waals surface area (Å²) in [6, 6.07) is 0. The number of morpholine rings is 1. The second kappa shape index (κ2) is 10.4. The van der Waals surface area contributed by atoms with Gasteiger partial charge >= 0.3 is 0 Å². The molecule has 12 heteroatoms. The minimum atomic E-state index is -3.26. The van der Waals surface area contributed by atoms with E-state index in [2.05, 4.69) is 15.4 Å². The highest BCUT2D eigenvalue weighted by Crippen LogP contribution is 2.38. The number of aromatic nitrogens is 1. The largest absolute Gasteiger partial charge is 0.378 e. The molecule has 1 N–H and O–H groups in total. The van der Waals surface area contributed by atoms with E-state index in [1.54, 1.807) is 17.1 Å². The summed E-state index contributed by atoms with van der Waals surface area (Å²) in [6.45, 7) is 5.55. The zero-order chi connectivity index (χ0) is 25.3.